The SMILES string of the molecule is COc1ncccc1-c1cnn2ccc(N3CCN(C(=O)C(N)C(C)C)CC3)nc12. The van der Waals surface area contributed by atoms with Crippen LogP contribution >= 0.6 is 0 Å². The van der Waals surface area contributed by atoms with E-state index in [2.05, 4.69) is 15.0 Å². The zero-order valence-electron chi connectivity index (χ0n) is 17.5. The van der Waals surface area contributed by atoms with Gasteiger partial charge in [0.15, 0.2) is 5.65 Å². The number of carbonyl (C=O) groups excluding carboxylic acids is 1. The fraction of sp³-hybridized carbons (Fsp3) is 0.429. The average molecular weight is 409 g/mol. The van der Waals surface area contributed by atoms with E-state index in [1.54, 1.807) is 24.0 Å². The van der Waals surface area contributed by atoms with Crippen LogP contribution < -0.4 is 15.4 Å². The van der Waals surface area contributed by atoms with Crippen LogP contribution in [-0.2, 0) is 4.79 Å². The topological polar surface area (TPSA) is 102 Å². The molecule has 0 saturated carbocycles. The second kappa shape index (κ2) is 8.27. The molecule has 1 fully saturated rings. The lowest BCUT2D eigenvalue weighted by Gasteiger charge is -2.37. The Morgan fingerprint density at radius 3 is 2.63 bits per heavy atom. The summed E-state index contributed by atoms with van der Waals surface area (Å²) in [4.78, 5) is 25.7. The van der Waals surface area contributed by atoms with E-state index in [1.807, 2.05) is 43.1 Å². The maximum absolute atomic E-state index is 12.5. The number of ether oxygens (including phenoxy) is 1. The minimum Gasteiger partial charge on any atom is -0.481 e. The lowest BCUT2D eigenvalue weighted by molar-refractivity contribution is -0.133. The monoisotopic (exact) mass is 409 g/mol. The Balaban J connectivity index is 1.56. The summed E-state index contributed by atoms with van der Waals surface area (Å²) in [7, 11) is 1.60. The maximum Gasteiger partial charge on any atom is 0.239 e. The summed E-state index contributed by atoms with van der Waals surface area (Å²) in [5.74, 6) is 1.54. The molecule has 1 atom stereocenters. The quantitative estimate of drug-likeness (QED) is 0.680. The van der Waals surface area contributed by atoms with Gasteiger partial charge in [0.25, 0.3) is 0 Å². The number of piperazine rings is 1. The van der Waals surface area contributed by atoms with Crippen LogP contribution in [0.5, 0.6) is 5.88 Å². The van der Waals surface area contributed by atoms with Crippen molar-refractivity contribution in [3.63, 3.8) is 0 Å². The van der Waals surface area contributed by atoms with Gasteiger partial charge in [-0.3, -0.25) is 4.79 Å². The summed E-state index contributed by atoms with van der Waals surface area (Å²) in [5.41, 5.74) is 8.48. The number of amides is 1. The van der Waals surface area contributed by atoms with Crippen molar-refractivity contribution < 1.29 is 9.53 Å². The molecule has 0 radical (unpaired) electrons. The van der Waals surface area contributed by atoms with Crippen molar-refractivity contribution in [3.8, 4) is 17.0 Å². The van der Waals surface area contributed by atoms with Crippen LogP contribution in [0, 0.1) is 5.92 Å². The van der Waals surface area contributed by atoms with E-state index in [0.29, 0.717) is 32.1 Å². The number of anilines is 1. The fourth-order valence-corrected chi connectivity index (χ4v) is 3.64. The predicted octanol–water partition coefficient (Wildman–Crippen LogP) is 1.43. The summed E-state index contributed by atoms with van der Waals surface area (Å²) in [6.07, 6.45) is 5.37. The molecule has 9 nitrogen and oxygen atoms in total. The van der Waals surface area contributed by atoms with Crippen LogP contribution in [0.25, 0.3) is 16.8 Å². The molecule has 2 N–H and O–H groups in total. The van der Waals surface area contributed by atoms with Gasteiger partial charge in [-0.1, -0.05) is 13.8 Å². The number of nitrogens with two attached hydrogens (primary N) is 1. The smallest absolute Gasteiger partial charge is 0.239 e. The average Bonchev–Trinajstić information content (AvgIpc) is 3.21. The number of fused-ring (bicyclic) bond motifs is 1. The number of hydrogen-bond acceptors (Lipinski definition) is 7. The highest BCUT2D eigenvalue weighted by Crippen LogP contribution is 2.31. The van der Waals surface area contributed by atoms with Gasteiger partial charge in [0.1, 0.15) is 5.82 Å². The van der Waals surface area contributed by atoms with Gasteiger partial charge in [0.2, 0.25) is 11.8 Å². The fourth-order valence-electron chi connectivity index (χ4n) is 3.64. The lowest BCUT2D eigenvalue weighted by atomic mass is 10.0. The second-order valence-corrected chi connectivity index (χ2v) is 7.75. The van der Waals surface area contributed by atoms with E-state index >= 15 is 0 Å². The standard InChI is InChI=1S/C21H27N7O2/c1-14(2)18(22)21(29)27-11-9-26(10-12-27)17-6-8-28-19(25-17)16(13-24-28)15-5-4-7-23-20(15)30-3/h4-8,13-14,18H,9-12,22H2,1-3H3. The first kappa shape index (κ1) is 20.1. The number of hydrogen-bond donors (Lipinski definition) is 1. The zero-order chi connectivity index (χ0) is 21.3. The van der Waals surface area contributed by atoms with Crippen molar-refractivity contribution in [1.29, 1.82) is 0 Å². The van der Waals surface area contributed by atoms with Gasteiger partial charge >= 0.3 is 0 Å². The first-order valence-electron chi connectivity index (χ1n) is 10.1. The van der Waals surface area contributed by atoms with Gasteiger partial charge in [0.05, 0.1) is 24.9 Å². The summed E-state index contributed by atoms with van der Waals surface area (Å²) in [6, 6.07) is 5.31. The van der Waals surface area contributed by atoms with Crippen LogP contribution in [0.4, 0.5) is 5.82 Å². The highest BCUT2D eigenvalue weighted by molar-refractivity contribution is 5.82. The minimum absolute atomic E-state index is 0.0230. The molecule has 1 amide bonds. The molecule has 1 saturated heterocycles. The lowest BCUT2D eigenvalue weighted by Crippen LogP contribution is -2.54. The summed E-state index contributed by atoms with van der Waals surface area (Å²) in [6.45, 7) is 6.62. The predicted molar refractivity (Wildman–Crippen MR) is 114 cm³/mol. The van der Waals surface area contributed by atoms with Crippen LogP contribution in [0.15, 0.2) is 36.8 Å². The maximum atomic E-state index is 12.5. The number of aromatic nitrogens is 4. The second-order valence-electron chi connectivity index (χ2n) is 7.75. The van der Waals surface area contributed by atoms with Crippen molar-refractivity contribution in [2.75, 3.05) is 38.2 Å². The van der Waals surface area contributed by atoms with E-state index in [1.165, 1.54) is 0 Å². The van der Waals surface area contributed by atoms with Crippen molar-refractivity contribution >= 4 is 17.4 Å². The molecular weight excluding hydrogens is 382 g/mol. The summed E-state index contributed by atoms with van der Waals surface area (Å²) < 4.78 is 7.14. The van der Waals surface area contributed by atoms with E-state index in [9.17, 15) is 4.79 Å². The molecule has 1 aliphatic rings. The number of pyridine rings is 1. The van der Waals surface area contributed by atoms with Crippen molar-refractivity contribution in [2.24, 2.45) is 11.7 Å². The molecular formula is C21H27N7O2. The largest absolute Gasteiger partial charge is 0.481 e. The molecule has 3 aromatic rings. The van der Waals surface area contributed by atoms with Crippen molar-refractivity contribution in [3.05, 3.63) is 36.8 Å². The molecule has 9 heteroatoms. The van der Waals surface area contributed by atoms with Crippen LogP contribution in [0.2, 0.25) is 0 Å². The molecule has 30 heavy (non-hydrogen) atoms. The molecule has 0 bridgehead atoms. The Morgan fingerprint density at radius 2 is 1.93 bits per heavy atom. The molecule has 3 aromatic heterocycles. The first-order chi connectivity index (χ1) is 14.5. The van der Waals surface area contributed by atoms with Gasteiger partial charge in [-0.2, -0.15) is 5.10 Å². The van der Waals surface area contributed by atoms with Gasteiger partial charge in [0, 0.05) is 44.1 Å². The van der Waals surface area contributed by atoms with Gasteiger partial charge < -0.3 is 20.3 Å². The minimum atomic E-state index is -0.449. The van der Waals surface area contributed by atoms with Crippen molar-refractivity contribution in [2.45, 2.75) is 19.9 Å². The summed E-state index contributed by atoms with van der Waals surface area (Å²) >= 11 is 0. The third kappa shape index (κ3) is 3.68. The van der Waals surface area contributed by atoms with Crippen LogP contribution in [0.1, 0.15) is 13.8 Å². The molecule has 1 aliphatic heterocycles. The van der Waals surface area contributed by atoms with Crippen LogP contribution in [-0.4, -0.2) is 69.7 Å². The molecule has 0 spiro atoms. The number of nitrogens with zero attached hydrogens (tertiary/aromatic N) is 6. The Hall–Kier alpha value is -3.20. The van der Waals surface area contributed by atoms with E-state index in [4.69, 9.17) is 15.5 Å². The molecule has 4 heterocycles. The molecule has 158 valence electrons. The molecule has 4 rings (SSSR count). The third-order valence-corrected chi connectivity index (χ3v) is 5.53. The van der Waals surface area contributed by atoms with E-state index < -0.39 is 6.04 Å². The van der Waals surface area contributed by atoms with E-state index in [0.717, 1.165) is 22.6 Å². The number of carbonyl (C=O) groups is 1. The highest BCUT2D eigenvalue weighted by Gasteiger charge is 2.27. The van der Waals surface area contributed by atoms with Gasteiger partial charge in [-0.05, 0) is 24.1 Å². The molecule has 1 unspecified atom stereocenters. The zero-order valence-corrected chi connectivity index (χ0v) is 17.5. The van der Waals surface area contributed by atoms with Crippen molar-refractivity contribution in [1.82, 2.24) is 24.5 Å². The van der Waals surface area contributed by atoms with Gasteiger partial charge in [-0.25, -0.2) is 14.5 Å². The highest BCUT2D eigenvalue weighted by atomic mass is 16.5. The summed E-state index contributed by atoms with van der Waals surface area (Å²) in [5, 5.41) is 4.41. The first-order valence-corrected chi connectivity index (χ1v) is 10.1. The molecule has 0 aromatic carbocycles. The Kier molecular flexibility index (Phi) is 5.54. The third-order valence-electron chi connectivity index (χ3n) is 5.53. The van der Waals surface area contributed by atoms with E-state index in [-0.39, 0.29) is 11.8 Å². The number of rotatable bonds is 5. The Labute approximate surface area is 175 Å². The molecule has 0 aliphatic carbocycles. The van der Waals surface area contributed by atoms with Gasteiger partial charge in [-0.15, -0.1) is 0 Å². The Bertz CT molecular complexity index is 1040. The normalized spacial score (nSPS) is 15.6. The Morgan fingerprint density at radius 1 is 1.17 bits per heavy atom. The van der Waals surface area contributed by atoms with Crippen LogP contribution in [0.3, 0.4) is 0 Å². The number of methoxy groups -OCH3 is 1.